The molecule has 1 aliphatic heterocycles. The summed E-state index contributed by atoms with van der Waals surface area (Å²) in [6.07, 6.45) is 1.39. The van der Waals surface area contributed by atoms with E-state index >= 15 is 0 Å². The molecule has 1 aliphatic rings. The van der Waals surface area contributed by atoms with E-state index in [4.69, 9.17) is 5.11 Å². The minimum absolute atomic E-state index is 0.346. The van der Waals surface area contributed by atoms with Crippen LogP contribution in [0.15, 0.2) is 9.98 Å². The number of carbonyl (C=O) groups is 1. The molecule has 0 aromatic rings. The maximum absolute atomic E-state index is 9.99. The van der Waals surface area contributed by atoms with Crippen molar-refractivity contribution in [3.05, 3.63) is 0 Å². The lowest BCUT2D eigenvalue weighted by Gasteiger charge is -2.01. The van der Waals surface area contributed by atoms with E-state index in [1.54, 1.807) is 6.21 Å². The fourth-order valence-electron chi connectivity index (χ4n) is 0.526. The van der Waals surface area contributed by atoms with Crippen LogP contribution in [0.5, 0.6) is 0 Å². The third kappa shape index (κ3) is 2.18. The summed E-state index contributed by atoms with van der Waals surface area (Å²) in [6, 6.07) is 0. The van der Waals surface area contributed by atoms with Crippen LogP contribution in [-0.4, -0.2) is 28.3 Å². The molecule has 1 amide bonds. The number of hydrogen-bond donors (Lipinski definition) is 1. The van der Waals surface area contributed by atoms with Gasteiger partial charge in [-0.2, -0.15) is 0 Å². The Morgan fingerprint density at radius 2 is 2.70 bits per heavy atom. The Hall–Kier alpha value is -0.840. The van der Waals surface area contributed by atoms with Crippen LogP contribution >= 0.6 is 11.8 Å². The second-order valence-corrected chi connectivity index (χ2v) is 2.69. The summed E-state index contributed by atoms with van der Waals surface area (Å²) in [7, 11) is 0. The third-order valence-electron chi connectivity index (χ3n) is 0.871. The van der Waals surface area contributed by atoms with Crippen LogP contribution in [0.2, 0.25) is 0 Å². The molecule has 0 aliphatic carbocycles. The monoisotopic (exact) mass is 158 g/mol. The molecule has 1 N–H and O–H groups in total. The number of aliphatic imine (C=N–C) groups is 2. The molecule has 5 heteroatoms. The van der Waals surface area contributed by atoms with Gasteiger partial charge in [-0.05, 0) is 6.42 Å². The van der Waals surface area contributed by atoms with Gasteiger partial charge < -0.3 is 5.11 Å². The van der Waals surface area contributed by atoms with Crippen LogP contribution in [-0.2, 0) is 0 Å². The Labute approximate surface area is 62.1 Å². The van der Waals surface area contributed by atoms with Gasteiger partial charge in [0.2, 0.25) is 0 Å². The SMILES string of the molecule is O=C(O)N=C1N=CCCS1. The minimum atomic E-state index is -1.18. The Morgan fingerprint density at radius 3 is 3.20 bits per heavy atom. The summed E-state index contributed by atoms with van der Waals surface area (Å²) in [4.78, 5) is 17.0. The molecule has 0 bridgehead atoms. The summed E-state index contributed by atoms with van der Waals surface area (Å²) in [5.74, 6) is 0.871. The summed E-state index contributed by atoms with van der Waals surface area (Å²) in [5.41, 5.74) is 0. The van der Waals surface area contributed by atoms with E-state index in [1.807, 2.05) is 0 Å². The molecular formula is C5H6N2O2S. The second kappa shape index (κ2) is 3.36. The third-order valence-corrected chi connectivity index (χ3v) is 1.77. The lowest BCUT2D eigenvalue weighted by Crippen LogP contribution is -2.01. The molecule has 0 atom stereocenters. The topological polar surface area (TPSA) is 62.0 Å². The summed E-state index contributed by atoms with van der Waals surface area (Å²) < 4.78 is 0. The highest BCUT2D eigenvalue weighted by Crippen LogP contribution is 2.10. The normalized spacial score (nSPS) is 21.4. The fraction of sp³-hybridized carbons (Fsp3) is 0.400. The van der Waals surface area contributed by atoms with Gasteiger partial charge in [0.15, 0.2) is 5.17 Å². The number of nitrogens with zero attached hydrogens (tertiary/aromatic N) is 2. The Morgan fingerprint density at radius 1 is 1.90 bits per heavy atom. The molecular weight excluding hydrogens is 152 g/mol. The van der Waals surface area contributed by atoms with Crippen molar-refractivity contribution in [2.24, 2.45) is 9.98 Å². The zero-order chi connectivity index (χ0) is 7.40. The van der Waals surface area contributed by atoms with Crippen molar-refractivity contribution in [2.75, 3.05) is 5.75 Å². The van der Waals surface area contributed by atoms with Crippen LogP contribution < -0.4 is 0 Å². The summed E-state index contributed by atoms with van der Waals surface area (Å²) >= 11 is 1.36. The summed E-state index contributed by atoms with van der Waals surface area (Å²) in [5, 5.41) is 8.54. The van der Waals surface area contributed by atoms with E-state index in [0.29, 0.717) is 5.17 Å². The lowest BCUT2D eigenvalue weighted by molar-refractivity contribution is 0.206. The lowest BCUT2D eigenvalue weighted by atomic mass is 10.5. The average Bonchev–Trinajstić information content (AvgIpc) is 1.88. The zero-order valence-corrected chi connectivity index (χ0v) is 5.97. The minimum Gasteiger partial charge on any atom is -0.463 e. The molecule has 0 aromatic heterocycles. The maximum atomic E-state index is 9.99. The van der Waals surface area contributed by atoms with Crippen molar-refractivity contribution in [1.82, 2.24) is 0 Å². The fourth-order valence-corrected chi connectivity index (χ4v) is 1.22. The van der Waals surface area contributed by atoms with Gasteiger partial charge in [0, 0.05) is 12.0 Å². The first kappa shape index (κ1) is 7.27. The standard InChI is InChI=1S/C5H6N2O2S/c8-5(9)7-4-6-2-1-3-10-4/h2H,1,3H2,(H,8,9). The van der Waals surface area contributed by atoms with Gasteiger partial charge in [0.05, 0.1) is 0 Å². The quantitative estimate of drug-likeness (QED) is 0.576. The molecule has 0 saturated carbocycles. The molecule has 0 spiro atoms. The van der Waals surface area contributed by atoms with Crippen LogP contribution in [0.1, 0.15) is 6.42 Å². The first-order valence-corrected chi connectivity index (χ1v) is 3.74. The van der Waals surface area contributed by atoms with E-state index in [1.165, 1.54) is 11.8 Å². The number of hydrogen-bond acceptors (Lipinski definition) is 2. The van der Waals surface area contributed by atoms with Crippen LogP contribution in [0, 0.1) is 0 Å². The Balaban J connectivity index is 2.62. The molecule has 1 rings (SSSR count). The first-order valence-electron chi connectivity index (χ1n) is 2.76. The van der Waals surface area contributed by atoms with Crippen molar-refractivity contribution in [2.45, 2.75) is 6.42 Å². The van der Waals surface area contributed by atoms with Crippen molar-refractivity contribution < 1.29 is 9.90 Å². The van der Waals surface area contributed by atoms with E-state index in [9.17, 15) is 4.79 Å². The molecule has 0 unspecified atom stereocenters. The molecule has 10 heavy (non-hydrogen) atoms. The number of amides is 1. The van der Waals surface area contributed by atoms with Crippen LogP contribution in [0.25, 0.3) is 0 Å². The van der Waals surface area contributed by atoms with Gasteiger partial charge in [-0.15, -0.1) is 4.99 Å². The maximum Gasteiger partial charge on any atom is 0.433 e. The second-order valence-electron chi connectivity index (χ2n) is 1.63. The molecule has 0 radical (unpaired) electrons. The highest BCUT2D eigenvalue weighted by atomic mass is 32.2. The largest absolute Gasteiger partial charge is 0.463 e. The van der Waals surface area contributed by atoms with Crippen molar-refractivity contribution in [3.63, 3.8) is 0 Å². The molecule has 0 saturated heterocycles. The predicted octanol–water partition coefficient (Wildman–Crippen LogP) is 1.23. The van der Waals surface area contributed by atoms with E-state index in [0.717, 1.165) is 12.2 Å². The van der Waals surface area contributed by atoms with Gasteiger partial charge in [-0.3, -0.25) is 0 Å². The number of thioether (sulfide) groups is 1. The van der Waals surface area contributed by atoms with Crippen molar-refractivity contribution in [1.29, 1.82) is 0 Å². The number of carboxylic acid groups (broad SMARTS) is 1. The summed E-state index contributed by atoms with van der Waals surface area (Å²) in [6.45, 7) is 0. The van der Waals surface area contributed by atoms with Crippen molar-refractivity contribution >= 4 is 29.2 Å². The average molecular weight is 158 g/mol. The molecule has 1 heterocycles. The van der Waals surface area contributed by atoms with Crippen molar-refractivity contribution in [3.8, 4) is 0 Å². The molecule has 0 fully saturated rings. The molecule has 4 nitrogen and oxygen atoms in total. The van der Waals surface area contributed by atoms with E-state index in [-0.39, 0.29) is 0 Å². The van der Waals surface area contributed by atoms with Crippen LogP contribution in [0.4, 0.5) is 4.79 Å². The van der Waals surface area contributed by atoms with Gasteiger partial charge in [0.1, 0.15) is 0 Å². The Kier molecular flexibility index (Phi) is 2.44. The predicted molar refractivity (Wildman–Crippen MR) is 41.0 cm³/mol. The number of amidine groups is 1. The number of rotatable bonds is 0. The first-order chi connectivity index (χ1) is 4.79. The van der Waals surface area contributed by atoms with Gasteiger partial charge in [0.25, 0.3) is 0 Å². The van der Waals surface area contributed by atoms with E-state index < -0.39 is 6.09 Å². The highest BCUT2D eigenvalue weighted by molar-refractivity contribution is 8.14. The molecule has 0 aromatic carbocycles. The van der Waals surface area contributed by atoms with Gasteiger partial charge in [-0.1, -0.05) is 11.8 Å². The van der Waals surface area contributed by atoms with Gasteiger partial charge >= 0.3 is 6.09 Å². The Bertz CT molecular complexity index is 200. The smallest absolute Gasteiger partial charge is 0.433 e. The zero-order valence-electron chi connectivity index (χ0n) is 5.15. The van der Waals surface area contributed by atoms with Crippen LogP contribution in [0.3, 0.4) is 0 Å². The highest BCUT2D eigenvalue weighted by Gasteiger charge is 2.03. The van der Waals surface area contributed by atoms with E-state index in [2.05, 4.69) is 9.98 Å². The molecule has 54 valence electrons. The van der Waals surface area contributed by atoms with Gasteiger partial charge in [-0.25, -0.2) is 9.79 Å².